The average molecular weight is 576 g/mol. The number of alkyl carbamates (subject to hydrolysis) is 1. The topological polar surface area (TPSA) is 145 Å². The van der Waals surface area contributed by atoms with Gasteiger partial charge in [0.1, 0.15) is 23.7 Å². The number of para-hydroxylation sites is 2. The number of thioether (sulfide) groups is 1. The second kappa shape index (κ2) is 11.7. The fourth-order valence-corrected chi connectivity index (χ4v) is 5.40. The van der Waals surface area contributed by atoms with Gasteiger partial charge in [-0.15, -0.1) is 0 Å². The van der Waals surface area contributed by atoms with Crippen molar-refractivity contribution in [2.45, 2.75) is 57.3 Å². The maximum atomic E-state index is 13.8. The Morgan fingerprint density at radius 3 is 1.90 bits per heavy atom. The van der Waals surface area contributed by atoms with Crippen LogP contribution in [0, 0.1) is 0 Å². The first-order valence-electron chi connectivity index (χ1n) is 13.4. The summed E-state index contributed by atoms with van der Waals surface area (Å²) in [5, 5.41) is 10.0. The van der Waals surface area contributed by atoms with Gasteiger partial charge >= 0.3 is 6.09 Å². The first kappa shape index (κ1) is 28.3. The molecule has 0 aliphatic carbocycles. The minimum absolute atomic E-state index is 0.112. The summed E-state index contributed by atoms with van der Waals surface area (Å²) >= 11 is 1.15. The van der Waals surface area contributed by atoms with Crippen molar-refractivity contribution in [2.75, 3.05) is 5.75 Å². The van der Waals surface area contributed by atoms with Gasteiger partial charge in [-0.2, -0.15) is 0 Å². The van der Waals surface area contributed by atoms with Gasteiger partial charge in [0.15, 0.2) is 0 Å². The number of H-pyrrole nitrogens is 2. The second-order valence-electron chi connectivity index (χ2n) is 11.1. The largest absolute Gasteiger partial charge is 0.444 e. The Labute approximate surface area is 241 Å². The highest BCUT2D eigenvalue weighted by Gasteiger charge is 2.35. The minimum Gasteiger partial charge on any atom is -0.444 e. The summed E-state index contributed by atoms with van der Waals surface area (Å²) in [5.74, 6) is -0.525. The van der Waals surface area contributed by atoms with Crippen molar-refractivity contribution in [1.29, 1.82) is 0 Å². The highest BCUT2D eigenvalue weighted by molar-refractivity contribution is 8.16. The van der Waals surface area contributed by atoms with Crippen molar-refractivity contribution in [3.05, 3.63) is 72.1 Å². The van der Waals surface area contributed by atoms with Crippen molar-refractivity contribution in [3.8, 4) is 0 Å². The number of hydrogen-bond acceptors (Lipinski definition) is 6. The SMILES string of the molecule is CC(C)(C)OC(=O)N[C@@H](Cc1c[nH]c2ccccc12)C(=O)N[C@@H](Cc1c[nH]c2ccccc12)C(=O)N[C@H]1CSC1=O. The third kappa shape index (κ3) is 6.74. The molecule has 0 radical (unpaired) electrons. The van der Waals surface area contributed by atoms with Crippen LogP contribution in [0.2, 0.25) is 0 Å². The molecular weight excluding hydrogens is 542 g/mol. The molecule has 4 aromatic rings. The number of fused-ring (bicyclic) bond motifs is 2. The van der Waals surface area contributed by atoms with Gasteiger partial charge in [0.2, 0.25) is 16.9 Å². The number of amides is 3. The zero-order chi connectivity index (χ0) is 29.1. The molecule has 3 amide bonds. The molecule has 3 heterocycles. The fraction of sp³-hybridized carbons (Fsp3) is 0.333. The quantitative estimate of drug-likeness (QED) is 0.206. The number of nitrogens with one attached hydrogen (secondary N) is 5. The van der Waals surface area contributed by atoms with E-state index < -0.39 is 41.6 Å². The molecule has 1 aliphatic heterocycles. The van der Waals surface area contributed by atoms with Crippen molar-refractivity contribution in [2.24, 2.45) is 0 Å². The molecule has 0 spiro atoms. The van der Waals surface area contributed by atoms with Gasteiger partial charge in [-0.25, -0.2) is 4.79 Å². The number of rotatable bonds is 9. The zero-order valence-corrected chi connectivity index (χ0v) is 23.9. The van der Waals surface area contributed by atoms with Gasteiger partial charge in [-0.05, 0) is 44.0 Å². The molecule has 2 aromatic heterocycles. The van der Waals surface area contributed by atoms with Crippen LogP contribution in [0.4, 0.5) is 4.79 Å². The van der Waals surface area contributed by atoms with Crippen molar-refractivity contribution >= 4 is 56.6 Å². The molecule has 1 aliphatic rings. The van der Waals surface area contributed by atoms with E-state index in [4.69, 9.17) is 4.74 Å². The summed E-state index contributed by atoms with van der Waals surface area (Å²) in [6, 6.07) is 12.7. The Morgan fingerprint density at radius 2 is 1.41 bits per heavy atom. The lowest BCUT2D eigenvalue weighted by Crippen LogP contribution is -2.58. The lowest BCUT2D eigenvalue weighted by molar-refractivity contribution is -0.131. The summed E-state index contributed by atoms with van der Waals surface area (Å²) in [6.45, 7) is 5.22. The molecule has 0 unspecified atom stereocenters. The summed E-state index contributed by atoms with van der Waals surface area (Å²) in [6.07, 6.45) is 3.21. The molecular formula is C30H33N5O5S. The normalized spacial score (nSPS) is 16.6. The number of hydrogen-bond donors (Lipinski definition) is 5. The zero-order valence-electron chi connectivity index (χ0n) is 23.1. The van der Waals surface area contributed by atoms with Crippen LogP contribution in [-0.2, 0) is 32.0 Å². The standard InChI is InChI=1S/C30H33N5O5S/c1-30(2,3)40-29(39)35-24(13-18-15-32-22-11-7-5-9-20(18)22)27(37)33-23(26(36)34-25-16-41-28(25)38)12-17-14-31-21-10-6-4-8-19(17)21/h4-11,14-15,23-25,31-32H,12-13,16H2,1-3H3,(H,33,37)(H,34,36)(H,35,39)/t23-,24-,25-/m0/s1. The van der Waals surface area contributed by atoms with E-state index in [1.54, 1.807) is 27.0 Å². The first-order valence-corrected chi connectivity index (χ1v) is 14.4. The maximum absolute atomic E-state index is 13.8. The van der Waals surface area contributed by atoms with Crippen LogP contribution in [0.3, 0.4) is 0 Å². The van der Waals surface area contributed by atoms with Crippen molar-refractivity contribution in [3.63, 3.8) is 0 Å². The number of aromatic nitrogens is 2. The lowest BCUT2D eigenvalue weighted by atomic mass is 10.0. The van der Waals surface area contributed by atoms with E-state index in [2.05, 4.69) is 25.9 Å². The fourth-order valence-electron chi connectivity index (χ4n) is 4.79. The Hall–Kier alpha value is -4.25. The molecule has 2 aromatic carbocycles. The molecule has 5 rings (SSSR count). The van der Waals surface area contributed by atoms with E-state index in [1.807, 2.05) is 54.7 Å². The number of aromatic amines is 2. The smallest absolute Gasteiger partial charge is 0.408 e. The molecule has 11 heteroatoms. The predicted molar refractivity (Wildman–Crippen MR) is 158 cm³/mol. The third-order valence-electron chi connectivity index (χ3n) is 6.83. The van der Waals surface area contributed by atoms with Crippen LogP contribution in [0.25, 0.3) is 21.8 Å². The first-order chi connectivity index (χ1) is 19.6. The summed E-state index contributed by atoms with van der Waals surface area (Å²) in [5.41, 5.74) is 2.70. The summed E-state index contributed by atoms with van der Waals surface area (Å²) in [4.78, 5) is 58.3. The number of benzene rings is 2. The van der Waals surface area contributed by atoms with Crippen molar-refractivity contribution in [1.82, 2.24) is 25.9 Å². The van der Waals surface area contributed by atoms with Crippen LogP contribution >= 0.6 is 11.8 Å². The van der Waals surface area contributed by atoms with Gasteiger partial charge in [-0.3, -0.25) is 14.4 Å². The van der Waals surface area contributed by atoms with E-state index in [1.165, 1.54) is 0 Å². The number of carbonyl (C=O) groups is 4. The number of ether oxygens (including phenoxy) is 1. The van der Waals surface area contributed by atoms with Gasteiger partial charge < -0.3 is 30.7 Å². The van der Waals surface area contributed by atoms with E-state index >= 15 is 0 Å². The Balaban J connectivity index is 1.40. The molecule has 0 bridgehead atoms. The predicted octanol–water partition coefficient (Wildman–Crippen LogP) is 3.57. The molecule has 41 heavy (non-hydrogen) atoms. The average Bonchev–Trinajstić information content (AvgIpc) is 3.53. The number of carbonyl (C=O) groups excluding carboxylic acids is 4. The molecule has 1 fully saturated rings. The van der Waals surface area contributed by atoms with Gasteiger partial charge in [-0.1, -0.05) is 48.2 Å². The minimum atomic E-state index is -1.04. The molecule has 0 saturated carbocycles. The van der Waals surface area contributed by atoms with Crippen molar-refractivity contribution < 1.29 is 23.9 Å². The Bertz CT molecular complexity index is 1600. The van der Waals surface area contributed by atoms with Gasteiger partial charge in [0, 0.05) is 52.8 Å². The Morgan fingerprint density at radius 1 is 0.878 bits per heavy atom. The van der Waals surface area contributed by atoms with E-state index in [0.717, 1.165) is 44.7 Å². The van der Waals surface area contributed by atoms with Gasteiger partial charge in [0.05, 0.1) is 0 Å². The summed E-state index contributed by atoms with van der Waals surface area (Å²) in [7, 11) is 0. The van der Waals surface area contributed by atoms with Crippen LogP contribution < -0.4 is 16.0 Å². The van der Waals surface area contributed by atoms with E-state index in [9.17, 15) is 19.2 Å². The highest BCUT2D eigenvalue weighted by Crippen LogP contribution is 2.23. The molecule has 1 saturated heterocycles. The van der Waals surface area contributed by atoms with Crippen LogP contribution in [0.5, 0.6) is 0 Å². The van der Waals surface area contributed by atoms with Crippen LogP contribution in [0.1, 0.15) is 31.9 Å². The highest BCUT2D eigenvalue weighted by atomic mass is 32.2. The van der Waals surface area contributed by atoms with Gasteiger partial charge in [0.25, 0.3) is 0 Å². The second-order valence-corrected chi connectivity index (χ2v) is 12.1. The van der Waals surface area contributed by atoms with Crippen LogP contribution in [0.15, 0.2) is 60.9 Å². The maximum Gasteiger partial charge on any atom is 0.408 e. The van der Waals surface area contributed by atoms with E-state index in [0.29, 0.717) is 5.75 Å². The third-order valence-corrected chi connectivity index (χ3v) is 7.90. The monoisotopic (exact) mass is 575 g/mol. The summed E-state index contributed by atoms with van der Waals surface area (Å²) < 4.78 is 5.44. The van der Waals surface area contributed by atoms with Crippen LogP contribution in [-0.4, -0.2) is 62.5 Å². The molecule has 3 atom stereocenters. The van der Waals surface area contributed by atoms with E-state index in [-0.39, 0.29) is 18.0 Å². The Kier molecular flexibility index (Phi) is 8.07. The molecule has 10 nitrogen and oxygen atoms in total. The molecule has 5 N–H and O–H groups in total. The lowest BCUT2D eigenvalue weighted by Gasteiger charge is -2.28. The molecule has 214 valence electrons.